The van der Waals surface area contributed by atoms with Crippen LogP contribution in [0.2, 0.25) is 0 Å². The van der Waals surface area contributed by atoms with Gasteiger partial charge in [-0.15, -0.1) is 0 Å². The first-order valence-corrected chi connectivity index (χ1v) is 14.1. The molecular weight excluding hydrogens is 418 g/mol. The molecule has 135 valence electrons. The van der Waals surface area contributed by atoms with E-state index < -0.39 is 27.1 Å². The van der Waals surface area contributed by atoms with Gasteiger partial charge in [0.25, 0.3) is 0 Å². The first-order chi connectivity index (χ1) is 11.6. The van der Waals surface area contributed by atoms with Gasteiger partial charge in [0.15, 0.2) is 6.29 Å². The van der Waals surface area contributed by atoms with E-state index >= 15 is 0 Å². The number of hydrogen-bond acceptors (Lipinski definition) is 3. The zero-order valence-electron chi connectivity index (χ0n) is 14.1. The van der Waals surface area contributed by atoms with Crippen molar-refractivity contribution in [2.24, 2.45) is 0 Å². The second-order valence-electron chi connectivity index (χ2n) is 6.74. The Morgan fingerprint density at radius 3 is 2.08 bits per heavy atom. The third-order valence-corrected chi connectivity index (χ3v) is 3.99. The zero-order valence-corrected chi connectivity index (χ0v) is 18.0. The Kier molecular flexibility index (Phi) is 7.26. The second kappa shape index (κ2) is 8.62. The van der Waals surface area contributed by atoms with Crippen molar-refractivity contribution in [3.8, 4) is 5.75 Å². The van der Waals surface area contributed by atoms with E-state index in [-0.39, 0.29) is 11.2 Å². The number of aliphatic hydroxyl groups is 1. The molecule has 1 aliphatic rings. The topological polar surface area (TPSA) is 49.7 Å². The van der Waals surface area contributed by atoms with E-state index in [1.54, 1.807) is 6.07 Å². The van der Waals surface area contributed by atoms with Crippen LogP contribution in [-0.2, 0) is 24.8 Å². The van der Waals surface area contributed by atoms with Crippen LogP contribution in [0.3, 0.4) is 0 Å². The summed E-state index contributed by atoms with van der Waals surface area (Å²) in [6, 6.07) is 13.2. The summed E-state index contributed by atoms with van der Waals surface area (Å²) in [7, 11) is 14.9. The Labute approximate surface area is 166 Å². The summed E-state index contributed by atoms with van der Waals surface area (Å²) in [6.45, 7) is 6.38. The fraction of sp³-hybridized carbons (Fsp3) is 0.333. The Morgan fingerprint density at radius 2 is 1.52 bits per heavy atom. The molecule has 3 nitrogen and oxygen atoms in total. The van der Waals surface area contributed by atoms with Gasteiger partial charge in [-0.1, -0.05) is 51.1 Å². The first kappa shape index (κ1) is 21.0. The van der Waals surface area contributed by atoms with Gasteiger partial charge in [-0.3, -0.25) is 0 Å². The van der Waals surface area contributed by atoms with Gasteiger partial charge < -0.3 is 14.9 Å². The molecule has 0 spiro atoms. The molecule has 7 heteroatoms. The summed E-state index contributed by atoms with van der Waals surface area (Å²) in [5.74, 6) is 0.192. The zero-order chi connectivity index (χ0) is 18.8. The molecule has 25 heavy (non-hydrogen) atoms. The summed E-state index contributed by atoms with van der Waals surface area (Å²) >= 11 is -1.92. The van der Waals surface area contributed by atoms with Crippen molar-refractivity contribution >= 4 is 27.9 Å². The summed E-state index contributed by atoms with van der Waals surface area (Å²) < 4.78 is 5.66. The molecule has 2 aromatic carbocycles. The van der Waals surface area contributed by atoms with Crippen molar-refractivity contribution in [1.82, 2.24) is 0 Å². The molecular formula is C18H20Cl3O3Ti. The molecule has 2 unspecified atom stereocenters. The number of benzene rings is 2. The SMILES string of the molecule is CC(C)(C)c1ccc(O)c(C2OC(O)c3ccccc32)c1.[Cl][Ti]([Cl])[Cl]. The molecule has 1 heterocycles. The normalized spacial score (nSPS) is 19.0. The van der Waals surface area contributed by atoms with Crippen LogP contribution in [0.4, 0.5) is 0 Å². The van der Waals surface area contributed by atoms with E-state index in [1.165, 1.54) is 0 Å². The number of ether oxygens (including phenoxy) is 1. The van der Waals surface area contributed by atoms with E-state index in [0.717, 1.165) is 16.7 Å². The van der Waals surface area contributed by atoms with Crippen molar-refractivity contribution in [2.45, 2.75) is 38.6 Å². The molecule has 0 aliphatic carbocycles. The monoisotopic (exact) mass is 437 g/mol. The van der Waals surface area contributed by atoms with Gasteiger partial charge >= 0.3 is 42.6 Å². The Bertz CT molecular complexity index is 729. The van der Waals surface area contributed by atoms with E-state index in [1.807, 2.05) is 36.4 Å². The average Bonchev–Trinajstić information content (AvgIpc) is 2.84. The Hall–Kier alpha value is -0.256. The Balaban J connectivity index is 0.000000511. The van der Waals surface area contributed by atoms with E-state index in [0.29, 0.717) is 5.56 Å². The number of aliphatic hydroxyl groups excluding tert-OH is 1. The van der Waals surface area contributed by atoms with Crippen molar-refractivity contribution in [2.75, 3.05) is 0 Å². The number of rotatable bonds is 1. The van der Waals surface area contributed by atoms with Crippen LogP contribution in [0.25, 0.3) is 0 Å². The fourth-order valence-electron chi connectivity index (χ4n) is 2.72. The Morgan fingerprint density at radius 1 is 0.960 bits per heavy atom. The van der Waals surface area contributed by atoms with Crippen LogP contribution >= 0.6 is 27.9 Å². The van der Waals surface area contributed by atoms with Crippen LogP contribution < -0.4 is 0 Å². The van der Waals surface area contributed by atoms with Gasteiger partial charge in [0.1, 0.15) is 11.9 Å². The number of fused-ring (bicyclic) bond motifs is 1. The summed E-state index contributed by atoms with van der Waals surface area (Å²) in [6.07, 6.45) is -1.37. The standard InChI is InChI=1S/C18H20O3.3ClH.Ti/c1-18(2,3)11-8-9-15(19)14(10-11)16-12-6-4-5-7-13(12)17(20)21-16;;;;/h4-10,16-17,19-20H,1-3H3;3*1H;/q;;;;+3/p-3. The average molecular weight is 439 g/mol. The van der Waals surface area contributed by atoms with Crippen molar-refractivity contribution in [3.05, 3.63) is 64.7 Å². The second-order valence-corrected chi connectivity index (χ2v) is 14.5. The maximum atomic E-state index is 10.2. The molecule has 2 N–H and O–H groups in total. The van der Waals surface area contributed by atoms with Crippen molar-refractivity contribution in [1.29, 1.82) is 0 Å². The summed E-state index contributed by atoms with van der Waals surface area (Å²) in [4.78, 5) is 0. The number of aromatic hydroxyl groups is 1. The molecule has 1 aliphatic heterocycles. The molecule has 0 saturated carbocycles. The minimum atomic E-state index is -1.92. The maximum absolute atomic E-state index is 10.2. The minimum absolute atomic E-state index is 0.0147. The van der Waals surface area contributed by atoms with E-state index in [4.69, 9.17) is 32.7 Å². The predicted molar refractivity (Wildman–Crippen MR) is 98.7 cm³/mol. The van der Waals surface area contributed by atoms with Gasteiger partial charge in [0, 0.05) is 11.1 Å². The van der Waals surface area contributed by atoms with Crippen LogP contribution in [-0.4, -0.2) is 10.2 Å². The molecule has 0 fully saturated rings. The molecule has 0 bridgehead atoms. The third-order valence-electron chi connectivity index (χ3n) is 3.99. The number of halogens is 3. The number of hydrogen-bond donors (Lipinski definition) is 2. The van der Waals surface area contributed by atoms with Crippen LogP contribution in [0.15, 0.2) is 42.5 Å². The summed E-state index contributed by atoms with van der Waals surface area (Å²) in [5, 5.41) is 20.2. The number of phenolic OH excluding ortho intramolecular Hbond substituents is 1. The first-order valence-electron chi connectivity index (χ1n) is 7.70. The van der Waals surface area contributed by atoms with Gasteiger partial charge in [-0.2, -0.15) is 0 Å². The third kappa shape index (κ3) is 5.37. The number of phenols is 1. The van der Waals surface area contributed by atoms with E-state index in [2.05, 4.69) is 20.8 Å². The van der Waals surface area contributed by atoms with Gasteiger partial charge in [0.05, 0.1) is 0 Å². The van der Waals surface area contributed by atoms with Gasteiger partial charge in [0.2, 0.25) is 0 Å². The molecule has 0 aromatic heterocycles. The predicted octanol–water partition coefficient (Wildman–Crippen LogP) is 5.87. The van der Waals surface area contributed by atoms with Crippen LogP contribution in [0, 0.1) is 0 Å². The molecule has 0 radical (unpaired) electrons. The molecule has 3 rings (SSSR count). The van der Waals surface area contributed by atoms with Crippen molar-refractivity contribution in [3.63, 3.8) is 0 Å². The molecule has 0 amide bonds. The van der Waals surface area contributed by atoms with Gasteiger partial charge in [-0.05, 0) is 28.7 Å². The molecule has 2 aromatic rings. The van der Waals surface area contributed by atoms with Gasteiger partial charge in [-0.25, -0.2) is 0 Å². The summed E-state index contributed by atoms with van der Waals surface area (Å²) in [5.41, 5.74) is 3.48. The van der Waals surface area contributed by atoms with E-state index in [9.17, 15) is 10.2 Å². The van der Waals surface area contributed by atoms with Crippen LogP contribution in [0.5, 0.6) is 5.75 Å². The quantitative estimate of drug-likeness (QED) is 0.548. The van der Waals surface area contributed by atoms with Crippen LogP contribution in [0.1, 0.15) is 55.4 Å². The van der Waals surface area contributed by atoms with Crippen molar-refractivity contribution < 1.29 is 29.6 Å². The molecule has 0 saturated heterocycles. The fourth-order valence-corrected chi connectivity index (χ4v) is 2.72. The molecule has 2 atom stereocenters.